The largest absolute Gasteiger partial charge is 0.383 e. The lowest BCUT2D eigenvalue weighted by atomic mass is 10.1. The zero-order chi connectivity index (χ0) is 14.5. The minimum Gasteiger partial charge on any atom is -0.383 e. The van der Waals surface area contributed by atoms with Gasteiger partial charge in [0.05, 0.1) is 12.2 Å². The normalized spacial score (nSPS) is 12.2. The van der Waals surface area contributed by atoms with Crippen molar-refractivity contribution in [1.29, 1.82) is 0 Å². The van der Waals surface area contributed by atoms with Gasteiger partial charge in [0.25, 0.3) is 5.91 Å². The zero-order valence-electron chi connectivity index (χ0n) is 11.2. The van der Waals surface area contributed by atoms with E-state index >= 15 is 0 Å². The molecule has 1 aromatic heterocycles. The summed E-state index contributed by atoms with van der Waals surface area (Å²) in [5, 5.41) is 6.35. The van der Waals surface area contributed by atoms with Gasteiger partial charge in [0.2, 0.25) is 0 Å². The van der Waals surface area contributed by atoms with E-state index in [4.69, 9.17) is 9.26 Å². The molecule has 20 heavy (non-hydrogen) atoms. The van der Waals surface area contributed by atoms with Crippen molar-refractivity contribution >= 4 is 5.91 Å². The number of carbonyl (C=O) groups is 1. The van der Waals surface area contributed by atoms with Crippen LogP contribution in [0.3, 0.4) is 0 Å². The number of halogens is 1. The van der Waals surface area contributed by atoms with Gasteiger partial charge in [-0.05, 0) is 19.1 Å². The van der Waals surface area contributed by atoms with E-state index in [-0.39, 0.29) is 29.0 Å². The summed E-state index contributed by atoms with van der Waals surface area (Å²) in [6, 6.07) is 7.40. The lowest BCUT2D eigenvalue weighted by Crippen LogP contribution is -2.35. The molecule has 1 atom stereocenters. The standard InChI is InChI=1S/C14H15FN2O3/c1-9(8-19-2)16-14(18)12-7-13(20-17-12)10-5-3-4-6-11(10)15/h3-7,9H,8H2,1-2H3,(H,16,18). The fourth-order valence-corrected chi connectivity index (χ4v) is 1.76. The molecule has 0 saturated heterocycles. The van der Waals surface area contributed by atoms with Gasteiger partial charge in [-0.25, -0.2) is 4.39 Å². The molecular formula is C14H15FN2O3. The fraction of sp³-hybridized carbons (Fsp3) is 0.286. The second kappa shape index (κ2) is 6.29. The second-order valence-electron chi connectivity index (χ2n) is 4.39. The third-order valence-corrected chi connectivity index (χ3v) is 2.68. The number of hydrogen-bond acceptors (Lipinski definition) is 4. The molecule has 1 amide bonds. The number of carbonyl (C=O) groups excluding carboxylic acids is 1. The molecule has 0 bridgehead atoms. The van der Waals surface area contributed by atoms with Gasteiger partial charge in [-0.15, -0.1) is 0 Å². The maximum absolute atomic E-state index is 13.6. The summed E-state index contributed by atoms with van der Waals surface area (Å²) in [7, 11) is 1.55. The van der Waals surface area contributed by atoms with Crippen molar-refractivity contribution in [3.8, 4) is 11.3 Å². The highest BCUT2D eigenvalue weighted by Crippen LogP contribution is 2.23. The van der Waals surface area contributed by atoms with Crippen molar-refractivity contribution in [1.82, 2.24) is 10.5 Å². The molecule has 1 heterocycles. The van der Waals surface area contributed by atoms with Crippen molar-refractivity contribution in [2.75, 3.05) is 13.7 Å². The molecule has 2 aromatic rings. The van der Waals surface area contributed by atoms with Gasteiger partial charge in [-0.2, -0.15) is 0 Å². The van der Waals surface area contributed by atoms with Crippen LogP contribution in [0.4, 0.5) is 4.39 Å². The van der Waals surface area contributed by atoms with Crippen LogP contribution in [0.2, 0.25) is 0 Å². The molecule has 0 aliphatic rings. The van der Waals surface area contributed by atoms with Crippen LogP contribution in [0.25, 0.3) is 11.3 Å². The Morgan fingerprint density at radius 3 is 2.95 bits per heavy atom. The maximum Gasteiger partial charge on any atom is 0.273 e. The van der Waals surface area contributed by atoms with E-state index in [9.17, 15) is 9.18 Å². The maximum atomic E-state index is 13.6. The number of rotatable bonds is 5. The van der Waals surface area contributed by atoms with E-state index in [0.717, 1.165) is 0 Å². The third-order valence-electron chi connectivity index (χ3n) is 2.68. The number of nitrogens with one attached hydrogen (secondary N) is 1. The molecule has 1 unspecified atom stereocenters. The van der Waals surface area contributed by atoms with Crippen LogP contribution in [0.15, 0.2) is 34.9 Å². The van der Waals surface area contributed by atoms with E-state index in [2.05, 4.69) is 10.5 Å². The highest BCUT2D eigenvalue weighted by atomic mass is 19.1. The number of amides is 1. The number of ether oxygens (including phenoxy) is 1. The van der Waals surface area contributed by atoms with Gasteiger partial charge in [0.1, 0.15) is 5.82 Å². The van der Waals surface area contributed by atoms with Crippen LogP contribution >= 0.6 is 0 Å². The summed E-state index contributed by atoms with van der Waals surface area (Å²) in [6.07, 6.45) is 0. The Labute approximate surface area is 115 Å². The molecular weight excluding hydrogens is 263 g/mol. The Morgan fingerprint density at radius 1 is 1.50 bits per heavy atom. The number of aromatic nitrogens is 1. The summed E-state index contributed by atoms with van der Waals surface area (Å²) < 4.78 is 23.5. The van der Waals surface area contributed by atoms with E-state index in [0.29, 0.717) is 6.61 Å². The highest BCUT2D eigenvalue weighted by Gasteiger charge is 2.17. The van der Waals surface area contributed by atoms with Gasteiger partial charge >= 0.3 is 0 Å². The molecule has 0 saturated carbocycles. The van der Waals surface area contributed by atoms with Gasteiger partial charge in [-0.1, -0.05) is 17.3 Å². The minimum atomic E-state index is -0.427. The zero-order valence-corrected chi connectivity index (χ0v) is 11.2. The first-order valence-corrected chi connectivity index (χ1v) is 6.13. The van der Waals surface area contributed by atoms with Crippen LogP contribution in [-0.4, -0.2) is 30.8 Å². The molecule has 0 spiro atoms. The predicted molar refractivity (Wildman–Crippen MR) is 70.7 cm³/mol. The summed E-state index contributed by atoms with van der Waals surface area (Å²) in [5.41, 5.74) is 0.371. The summed E-state index contributed by atoms with van der Waals surface area (Å²) >= 11 is 0. The van der Waals surface area contributed by atoms with Gasteiger partial charge in [0.15, 0.2) is 11.5 Å². The summed E-state index contributed by atoms with van der Waals surface area (Å²) in [5.74, 6) is -0.600. The molecule has 0 aliphatic heterocycles. The van der Waals surface area contributed by atoms with E-state index in [1.165, 1.54) is 12.1 Å². The third kappa shape index (κ3) is 3.21. The van der Waals surface area contributed by atoms with Crippen LogP contribution in [0.1, 0.15) is 17.4 Å². The highest BCUT2D eigenvalue weighted by molar-refractivity contribution is 5.93. The molecule has 6 heteroatoms. The van der Waals surface area contributed by atoms with E-state index in [1.807, 2.05) is 0 Å². The number of hydrogen-bond donors (Lipinski definition) is 1. The average Bonchev–Trinajstić information content (AvgIpc) is 2.89. The average molecular weight is 278 g/mol. The van der Waals surface area contributed by atoms with Crippen LogP contribution < -0.4 is 5.32 Å². The Bertz CT molecular complexity index is 598. The topological polar surface area (TPSA) is 64.4 Å². The van der Waals surface area contributed by atoms with Crippen molar-refractivity contribution in [2.24, 2.45) is 0 Å². The van der Waals surface area contributed by atoms with Crippen LogP contribution in [0, 0.1) is 5.82 Å². The molecule has 2 rings (SSSR count). The van der Waals surface area contributed by atoms with E-state index in [1.54, 1.807) is 32.2 Å². The van der Waals surface area contributed by atoms with Gasteiger partial charge in [0, 0.05) is 19.2 Å². The smallest absolute Gasteiger partial charge is 0.273 e. The number of nitrogens with zero attached hydrogens (tertiary/aromatic N) is 1. The van der Waals surface area contributed by atoms with Gasteiger partial charge in [-0.3, -0.25) is 4.79 Å². The predicted octanol–water partition coefficient (Wildman–Crippen LogP) is 2.25. The molecule has 106 valence electrons. The van der Waals surface area contributed by atoms with Crippen LogP contribution in [0.5, 0.6) is 0 Å². The SMILES string of the molecule is COCC(C)NC(=O)c1cc(-c2ccccc2F)on1. The summed E-state index contributed by atoms with van der Waals surface area (Å²) in [4.78, 5) is 11.9. The first kappa shape index (κ1) is 14.2. The Kier molecular flexibility index (Phi) is 4.47. The Balaban J connectivity index is 2.13. The number of methoxy groups -OCH3 is 1. The monoisotopic (exact) mass is 278 g/mol. The first-order chi connectivity index (χ1) is 9.61. The lowest BCUT2D eigenvalue weighted by Gasteiger charge is -2.10. The molecule has 0 radical (unpaired) electrons. The van der Waals surface area contributed by atoms with Crippen molar-refractivity contribution in [2.45, 2.75) is 13.0 Å². The van der Waals surface area contributed by atoms with Crippen molar-refractivity contribution in [3.05, 3.63) is 41.8 Å². The van der Waals surface area contributed by atoms with Gasteiger partial charge < -0.3 is 14.6 Å². The fourth-order valence-electron chi connectivity index (χ4n) is 1.76. The molecule has 0 aliphatic carbocycles. The van der Waals surface area contributed by atoms with E-state index < -0.39 is 5.82 Å². The molecule has 1 aromatic carbocycles. The quantitative estimate of drug-likeness (QED) is 0.911. The Morgan fingerprint density at radius 2 is 2.25 bits per heavy atom. The molecule has 1 N–H and O–H groups in total. The minimum absolute atomic E-state index is 0.103. The van der Waals surface area contributed by atoms with Crippen molar-refractivity contribution < 1.29 is 18.4 Å². The summed E-state index contributed by atoms with van der Waals surface area (Å²) in [6.45, 7) is 2.20. The Hall–Kier alpha value is -2.21. The lowest BCUT2D eigenvalue weighted by molar-refractivity contribution is 0.0896. The molecule has 5 nitrogen and oxygen atoms in total. The second-order valence-corrected chi connectivity index (χ2v) is 4.39. The first-order valence-electron chi connectivity index (χ1n) is 6.13. The van der Waals surface area contributed by atoms with Crippen molar-refractivity contribution in [3.63, 3.8) is 0 Å². The number of benzene rings is 1. The molecule has 0 fully saturated rings. The van der Waals surface area contributed by atoms with Crippen LogP contribution in [-0.2, 0) is 4.74 Å².